The van der Waals surface area contributed by atoms with Gasteiger partial charge in [-0.05, 0) is 61.4 Å². The van der Waals surface area contributed by atoms with Crippen molar-refractivity contribution in [2.45, 2.75) is 61.9 Å². The number of piperazine rings is 1. The van der Waals surface area contributed by atoms with Crippen molar-refractivity contribution in [3.05, 3.63) is 46.5 Å². The maximum absolute atomic E-state index is 17.3. The van der Waals surface area contributed by atoms with E-state index in [1.807, 2.05) is 4.90 Å². The Morgan fingerprint density at radius 1 is 1.23 bits per heavy atom. The highest BCUT2D eigenvalue weighted by atomic mass is 35.5. The van der Waals surface area contributed by atoms with E-state index in [2.05, 4.69) is 16.2 Å². The zero-order valence-electron chi connectivity index (χ0n) is 27.1. The van der Waals surface area contributed by atoms with Crippen LogP contribution in [0.15, 0.2) is 24.3 Å². The number of phenolic OH excluding ortho intramolecular Hbond substituents is 1. The Morgan fingerprint density at radius 3 is 2.96 bits per heavy atom. The van der Waals surface area contributed by atoms with Crippen molar-refractivity contribution in [2.24, 2.45) is 0 Å². The van der Waals surface area contributed by atoms with E-state index >= 15 is 8.78 Å². The molecule has 3 aromatic carbocycles. The molecule has 0 saturated carbocycles. The summed E-state index contributed by atoms with van der Waals surface area (Å²) in [5, 5.41) is 14.9. The van der Waals surface area contributed by atoms with Gasteiger partial charge in [-0.25, -0.2) is 13.2 Å². The average Bonchev–Trinajstić information content (AvgIpc) is 3.71. The smallest absolute Gasteiger partial charge is 0.319 e. The first-order valence-corrected chi connectivity index (χ1v) is 16.3. The lowest BCUT2D eigenvalue weighted by molar-refractivity contribution is 0.107. The standard InChI is InChI=1S/C35H31ClF3N5O3/c1-2-21-23(38)6-4-17-10-20(45)11-22(26(17)21)27-29(36)32-28-31(30(27)39)41-34(47-16-35-8-3-9-43(35)13-18(37)12-35)42-33(28)44-14-19-5-7-24(40-19)25(44)15-46-32/h1,4,6,10-11,18-19,24-25,40,45H,3,5,7-9,12-16H2/t18-,19-,24+,25-,35+/m1/s1/i16D2. The predicted octanol–water partition coefficient (Wildman–Crippen LogP) is 5.73. The van der Waals surface area contributed by atoms with Crippen LogP contribution in [-0.4, -0.2) is 82.6 Å². The molecule has 4 aromatic rings. The number of hydrogen-bond acceptors (Lipinski definition) is 8. The maximum Gasteiger partial charge on any atom is 0.319 e. The third kappa shape index (κ3) is 4.31. The molecule has 47 heavy (non-hydrogen) atoms. The van der Waals surface area contributed by atoms with E-state index in [-0.39, 0.29) is 93.0 Å². The molecule has 1 aromatic heterocycles. The predicted molar refractivity (Wildman–Crippen MR) is 172 cm³/mol. The lowest BCUT2D eigenvalue weighted by atomic mass is 9.92. The highest BCUT2D eigenvalue weighted by Crippen LogP contribution is 2.51. The van der Waals surface area contributed by atoms with Crippen LogP contribution in [0.3, 0.4) is 0 Å². The molecular formula is C35H31ClF3N5O3. The number of ether oxygens (including phenoxy) is 2. The number of phenols is 1. The van der Waals surface area contributed by atoms with Crippen LogP contribution in [-0.2, 0) is 0 Å². The van der Waals surface area contributed by atoms with Crippen molar-refractivity contribution in [3.8, 4) is 41.0 Å². The first kappa shape index (κ1) is 27.0. The number of aromatic nitrogens is 2. The van der Waals surface area contributed by atoms with Crippen LogP contribution < -0.4 is 19.7 Å². The van der Waals surface area contributed by atoms with Crippen LogP contribution in [0.4, 0.5) is 19.0 Å². The van der Waals surface area contributed by atoms with Crippen molar-refractivity contribution in [1.82, 2.24) is 20.2 Å². The van der Waals surface area contributed by atoms with Gasteiger partial charge in [0.05, 0.1) is 30.3 Å². The third-order valence-corrected chi connectivity index (χ3v) is 10.9. The van der Waals surface area contributed by atoms with Crippen LogP contribution in [0.25, 0.3) is 32.8 Å². The Morgan fingerprint density at radius 2 is 2.11 bits per heavy atom. The highest BCUT2D eigenvalue weighted by molar-refractivity contribution is 6.37. The number of fused-ring (bicyclic) bond motifs is 7. The van der Waals surface area contributed by atoms with Gasteiger partial charge < -0.3 is 24.8 Å². The Kier molecular flexibility index (Phi) is 6.04. The summed E-state index contributed by atoms with van der Waals surface area (Å²) in [7, 11) is 0. The SMILES string of the molecule is [2H]C([2H])(Oc1nc2c3c(c(Cl)c(-c4cc(O)cc5ccc(F)c(C#C)c45)c(F)c3n1)OC[C@@H]1[C@@H]3CC[C@H](CN21)N3)[C@@]12CCCN1C[C@H](F)C2. The minimum Gasteiger partial charge on any atom is -0.508 e. The number of nitrogens with one attached hydrogen (secondary N) is 1. The average molecular weight is 664 g/mol. The second kappa shape index (κ2) is 10.5. The van der Waals surface area contributed by atoms with Gasteiger partial charge in [0.15, 0.2) is 11.6 Å². The Hall–Kier alpha value is -3.98. The normalized spacial score (nSPS) is 28.8. The van der Waals surface area contributed by atoms with Crippen LogP contribution >= 0.6 is 11.6 Å². The summed E-state index contributed by atoms with van der Waals surface area (Å²) >= 11 is 7.06. The fourth-order valence-corrected chi connectivity index (χ4v) is 8.86. The van der Waals surface area contributed by atoms with Gasteiger partial charge in [-0.15, -0.1) is 6.42 Å². The Bertz CT molecular complexity index is 2140. The van der Waals surface area contributed by atoms with E-state index in [1.54, 1.807) is 4.90 Å². The van der Waals surface area contributed by atoms with E-state index in [0.29, 0.717) is 31.3 Å². The fourth-order valence-electron chi connectivity index (χ4n) is 8.53. The molecule has 8 nitrogen and oxygen atoms in total. The number of rotatable bonds is 4. The largest absolute Gasteiger partial charge is 0.508 e. The molecule has 4 saturated heterocycles. The van der Waals surface area contributed by atoms with E-state index in [1.165, 1.54) is 24.3 Å². The van der Waals surface area contributed by atoms with Crippen LogP contribution in [0.2, 0.25) is 5.02 Å². The van der Waals surface area contributed by atoms with Gasteiger partial charge in [0.1, 0.15) is 42.2 Å². The maximum atomic E-state index is 17.3. The fraction of sp³-hybridized carbons (Fsp3) is 0.429. The van der Waals surface area contributed by atoms with E-state index in [4.69, 9.17) is 35.2 Å². The molecule has 6 heterocycles. The molecule has 5 aliphatic heterocycles. The lowest BCUT2D eigenvalue weighted by Gasteiger charge is -2.40. The molecule has 0 amide bonds. The Balaban J connectivity index is 1.30. The number of alkyl halides is 1. The molecule has 2 N–H and O–H groups in total. The van der Waals surface area contributed by atoms with Crippen molar-refractivity contribution < 1.29 is 30.5 Å². The summed E-state index contributed by atoms with van der Waals surface area (Å²) in [5.41, 5.74) is -1.85. The molecule has 0 unspecified atom stereocenters. The number of anilines is 1. The molecule has 12 heteroatoms. The van der Waals surface area contributed by atoms with Gasteiger partial charge >= 0.3 is 6.01 Å². The number of aromatic hydroxyl groups is 1. The van der Waals surface area contributed by atoms with Crippen molar-refractivity contribution in [1.29, 1.82) is 0 Å². The molecule has 242 valence electrons. The molecular weight excluding hydrogens is 631 g/mol. The summed E-state index contributed by atoms with van der Waals surface area (Å²) in [6, 6.07) is 4.78. The van der Waals surface area contributed by atoms with E-state index in [9.17, 15) is 9.50 Å². The van der Waals surface area contributed by atoms with Crippen molar-refractivity contribution in [2.75, 3.05) is 37.7 Å². The molecule has 0 spiro atoms. The molecule has 0 radical (unpaired) electrons. The number of halogens is 4. The lowest BCUT2D eigenvalue weighted by Crippen LogP contribution is -2.60. The summed E-state index contributed by atoms with van der Waals surface area (Å²) in [6.45, 7) is -1.10. The van der Waals surface area contributed by atoms with Gasteiger partial charge in [-0.3, -0.25) is 4.90 Å². The summed E-state index contributed by atoms with van der Waals surface area (Å²) < 4.78 is 77.8. The van der Waals surface area contributed by atoms with E-state index in [0.717, 1.165) is 12.8 Å². The zero-order valence-corrected chi connectivity index (χ0v) is 25.9. The summed E-state index contributed by atoms with van der Waals surface area (Å²) in [5.74, 6) is 0.839. The molecule has 4 fully saturated rings. The van der Waals surface area contributed by atoms with Crippen LogP contribution in [0.1, 0.15) is 40.4 Å². The van der Waals surface area contributed by atoms with Gasteiger partial charge in [-0.2, -0.15) is 9.97 Å². The van der Waals surface area contributed by atoms with Gasteiger partial charge in [0, 0.05) is 42.5 Å². The molecule has 2 bridgehead atoms. The minimum absolute atomic E-state index is 0.0211. The first-order valence-electron chi connectivity index (χ1n) is 16.9. The Labute approximate surface area is 276 Å². The highest BCUT2D eigenvalue weighted by Gasteiger charge is 2.50. The second-order valence-electron chi connectivity index (χ2n) is 13.2. The summed E-state index contributed by atoms with van der Waals surface area (Å²) in [4.78, 5) is 13.0. The number of hydrogen-bond donors (Lipinski definition) is 2. The van der Waals surface area contributed by atoms with E-state index < -0.39 is 35.9 Å². The third-order valence-electron chi connectivity index (χ3n) is 10.6. The van der Waals surface area contributed by atoms with Gasteiger partial charge in [-0.1, -0.05) is 23.6 Å². The van der Waals surface area contributed by atoms with Crippen molar-refractivity contribution in [3.63, 3.8) is 0 Å². The number of terminal acetylenes is 1. The topological polar surface area (TPSA) is 83.0 Å². The number of benzene rings is 3. The van der Waals surface area contributed by atoms with Gasteiger partial charge in [0.2, 0.25) is 0 Å². The minimum atomic E-state index is -2.43. The summed E-state index contributed by atoms with van der Waals surface area (Å²) in [6.07, 6.45) is 7.35. The molecule has 9 rings (SSSR count). The van der Waals surface area contributed by atoms with Crippen molar-refractivity contribution >= 4 is 39.1 Å². The number of nitrogens with zero attached hydrogens (tertiary/aromatic N) is 4. The quantitative estimate of drug-likeness (QED) is 0.268. The molecule has 5 atom stereocenters. The first-order chi connectivity index (χ1) is 23.5. The van der Waals surface area contributed by atoms with Crippen LogP contribution in [0.5, 0.6) is 17.5 Å². The second-order valence-corrected chi connectivity index (χ2v) is 13.6. The van der Waals surface area contributed by atoms with Crippen LogP contribution in [0, 0.1) is 24.0 Å². The monoisotopic (exact) mass is 663 g/mol. The zero-order chi connectivity index (χ0) is 34.0. The molecule has 0 aliphatic carbocycles. The van der Waals surface area contributed by atoms with Gasteiger partial charge in [0.25, 0.3) is 0 Å². The molecule has 5 aliphatic rings.